The smallest absolute Gasteiger partial charge is 0.309 e. The van der Waals surface area contributed by atoms with Crippen molar-refractivity contribution in [1.82, 2.24) is 0 Å². The Labute approximate surface area is 150 Å². The summed E-state index contributed by atoms with van der Waals surface area (Å²) in [5.41, 5.74) is -0.565. The molecule has 1 aromatic rings. The van der Waals surface area contributed by atoms with Crippen molar-refractivity contribution in [2.24, 2.45) is 5.92 Å². The van der Waals surface area contributed by atoms with E-state index in [1.165, 1.54) is 0 Å². The molecule has 0 bridgehead atoms. The molecule has 0 unspecified atom stereocenters. The van der Waals surface area contributed by atoms with Crippen LogP contribution in [0.15, 0.2) is 30.3 Å². The Morgan fingerprint density at radius 2 is 1.68 bits per heavy atom. The van der Waals surface area contributed by atoms with Gasteiger partial charge in [0.15, 0.2) is 0 Å². The average Bonchev–Trinajstić information content (AvgIpc) is 2.51. The maximum absolute atomic E-state index is 12.3. The van der Waals surface area contributed by atoms with Gasteiger partial charge in [-0.25, -0.2) is 0 Å². The third kappa shape index (κ3) is 8.05. The topological polar surface area (TPSA) is 61.8 Å². The molecule has 1 aromatic carbocycles. The molecule has 0 N–H and O–H groups in total. The number of hydrogen-bond donors (Lipinski definition) is 0. The normalized spacial score (nSPS) is 15.0. The first-order chi connectivity index (χ1) is 11.6. The fraction of sp³-hybridized carbons (Fsp3) is 0.600. The van der Waals surface area contributed by atoms with Crippen molar-refractivity contribution in [1.29, 1.82) is 0 Å². The average molecular weight is 350 g/mol. The Morgan fingerprint density at radius 3 is 2.20 bits per heavy atom. The lowest BCUT2D eigenvalue weighted by Crippen LogP contribution is -2.35. The molecule has 0 heterocycles. The molecule has 25 heavy (non-hydrogen) atoms. The number of carbonyl (C=O) groups is 2. The SMILES string of the molecule is CC[C@@H](OC(=O)[C@H](C)CC(=O)OC(C)(C)C)[C@@H](C)Oc1ccccc1. The van der Waals surface area contributed by atoms with Crippen molar-refractivity contribution in [2.75, 3.05) is 0 Å². The number of hydrogen-bond acceptors (Lipinski definition) is 5. The first kappa shape index (κ1) is 21.0. The van der Waals surface area contributed by atoms with Gasteiger partial charge >= 0.3 is 11.9 Å². The quantitative estimate of drug-likeness (QED) is 0.659. The Bertz CT molecular complexity index is 547. The highest BCUT2D eigenvalue weighted by molar-refractivity contribution is 5.79. The number of carbonyl (C=O) groups excluding carboxylic acids is 2. The van der Waals surface area contributed by atoms with Crippen LogP contribution in [-0.4, -0.2) is 29.7 Å². The summed E-state index contributed by atoms with van der Waals surface area (Å²) < 4.78 is 16.6. The monoisotopic (exact) mass is 350 g/mol. The molecule has 0 radical (unpaired) electrons. The molecule has 0 aliphatic heterocycles. The molecule has 1 rings (SSSR count). The van der Waals surface area contributed by atoms with Crippen LogP contribution in [0.5, 0.6) is 5.75 Å². The number of rotatable bonds is 8. The summed E-state index contributed by atoms with van der Waals surface area (Å²) in [5.74, 6) is -0.654. The van der Waals surface area contributed by atoms with Crippen LogP contribution in [-0.2, 0) is 19.1 Å². The molecule has 5 nitrogen and oxygen atoms in total. The van der Waals surface area contributed by atoms with Gasteiger partial charge in [-0.15, -0.1) is 0 Å². The van der Waals surface area contributed by atoms with E-state index in [0.29, 0.717) is 6.42 Å². The second kappa shape index (κ2) is 9.44. The first-order valence-corrected chi connectivity index (χ1v) is 8.76. The molecule has 0 aromatic heterocycles. The van der Waals surface area contributed by atoms with Gasteiger partial charge in [-0.1, -0.05) is 32.0 Å². The van der Waals surface area contributed by atoms with E-state index in [1.54, 1.807) is 27.7 Å². The largest absolute Gasteiger partial charge is 0.487 e. The summed E-state index contributed by atoms with van der Waals surface area (Å²) in [6, 6.07) is 9.40. The van der Waals surface area contributed by atoms with Gasteiger partial charge in [-0.05, 0) is 46.2 Å². The van der Waals surface area contributed by atoms with Crippen LogP contribution in [0.1, 0.15) is 54.4 Å². The van der Waals surface area contributed by atoms with E-state index in [1.807, 2.05) is 44.2 Å². The number of benzene rings is 1. The third-order valence-electron chi connectivity index (χ3n) is 3.55. The van der Waals surface area contributed by atoms with Gasteiger partial charge in [0.25, 0.3) is 0 Å². The highest BCUT2D eigenvalue weighted by atomic mass is 16.6. The van der Waals surface area contributed by atoms with Crippen LogP contribution in [0.2, 0.25) is 0 Å². The lowest BCUT2D eigenvalue weighted by molar-refractivity contribution is -0.165. The van der Waals surface area contributed by atoms with Crippen LogP contribution in [0.4, 0.5) is 0 Å². The highest BCUT2D eigenvalue weighted by Crippen LogP contribution is 2.18. The van der Waals surface area contributed by atoms with Crippen molar-refractivity contribution < 1.29 is 23.8 Å². The van der Waals surface area contributed by atoms with Crippen LogP contribution >= 0.6 is 0 Å². The molecule has 0 spiro atoms. The van der Waals surface area contributed by atoms with Crippen LogP contribution in [0.3, 0.4) is 0 Å². The van der Waals surface area contributed by atoms with Crippen molar-refractivity contribution in [3.8, 4) is 5.75 Å². The van der Waals surface area contributed by atoms with Gasteiger partial charge in [-0.2, -0.15) is 0 Å². The summed E-state index contributed by atoms with van der Waals surface area (Å²) in [6.45, 7) is 10.9. The molecule has 0 amide bonds. The molecular formula is C20H30O5. The van der Waals surface area contributed by atoms with Crippen LogP contribution in [0.25, 0.3) is 0 Å². The zero-order valence-electron chi connectivity index (χ0n) is 16.1. The molecule has 3 atom stereocenters. The molecule has 5 heteroatoms. The Morgan fingerprint density at radius 1 is 1.08 bits per heavy atom. The zero-order valence-corrected chi connectivity index (χ0v) is 16.1. The summed E-state index contributed by atoms with van der Waals surface area (Å²) in [7, 11) is 0. The van der Waals surface area contributed by atoms with Gasteiger partial charge in [0.05, 0.1) is 12.3 Å². The molecule has 140 valence electrons. The number of para-hydroxylation sites is 1. The van der Waals surface area contributed by atoms with E-state index in [4.69, 9.17) is 14.2 Å². The summed E-state index contributed by atoms with van der Waals surface area (Å²) in [6.07, 6.45) is -0.0433. The second-order valence-electron chi connectivity index (χ2n) is 7.21. The Kier molecular flexibility index (Phi) is 7.94. The molecule has 0 saturated carbocycles. The minimum atomic E-state index is -0.565. The zero-order chi connectivity index (χ0) is 19.0. The standard InChI is InChI=1S/C20H30O5/c1-7-17(15(3)23-16-11-9-8-10-12-16)24-19(22)14(2)13-18(21)25-20(4,5)6/h8-12,14-15,17H,7,13H2,1-6H3/t14-,15-,17-/m1/s1. The maximum Gasteiger partial charge on any atom is 0.309 e. The van der Waals surface area contributed by atoms with E-state index in [9.17, 15) is 9.59 Å². The predicted octanol–water partition coefficient (Wildman–Crippen LogP) is 4.14. The molecule has 0 aliphatic rings. The fourth-order valence-corrected chi connectivity index (χ4v) is 2.28. The van der Waals surface area contributed by atoms with Crippen molar-refractivity contribution in [2.45, 2.75) is 72.2 Å². The first-order valence-electron chi connectivity index (χ1n) is 8.76. The van der Waals surface area contributed by atoms with E-state index in [2.05, 4.69) is 0 Å². The van der Waals surface area contributed by atoms with Crippen molar-refractivity contribution >= 4 is 11.9 Å². The molecular weight excluding hydrogens is 320 g/mol. The fourth-order valence-electron chi connectivity index (χ4n) is 2.28. The van der Waals surface area contributed by atoms with E-state index in [-0.39, 0.29) is 18.6 Å². The Hall–Kier alpha value is -2.04. The summed E-state index contributed by atoms with van der Waals surface area (Å²) >= 11 is 0. The summed E-state index contributed by atoms with van der Waals surface area (Å²) in [5, 5.41) is 0. The predicted molar refractivity (Wildman–Crippen MR) is 96.3 cm³/mol. The lowest BCUT2D eigenvalue weighted by atomic mass is 10.1. The van der Waals surface area contributed by atoms with E-state index in [0.717, 1.165) is 5.75 Å². The highest BCUT2D eigenvalue weighted by Gasteiger charge is 2.27. The van der Waals surface area contributed by atoms with E-state index >= 15 is 0 Å². The van der Waals surface area contributed by atoms with Gasteiger partial charge < -0.3 is 14.2 Å². The number of ether oxygens (including phenoxy) is 3. The van der Waals surface area contributed by atoms with Crippen molar-refractivity contribution in [3.05, 3.63) is 30.3 Å². The van der Waals surface area contributed by atoms with Gasteiger partial charge in [0.1, 0.15) is 23.6 Å². The minimum absolute atomic E-state index is 0.000457. The number of esters is 2. The molecule has 0 fully saturated rings. The van der Waals surface area contributed by atoms with Gasteiger partial charge in [0, 0.05) is 0 Å². The van der Waals surface area contributed by atoms with Crippen LogP contribution < -0.4 is 4.74 Å². The maximum atomic E-state index is 12.3. The second-order valence-corrected chi connectivity index (χ2v) is 7.21. The Balaban J connectivity index is 2.55. The van der Waals surface area contributed by atoms with Gasteiger partial charge in [-0.3, -0.25) is 9.59 Å². The third-order valence-corrected chi connectivity index (χ3v) is 3.55. The summed E-state index contributed by atoms with van der Waals surface area (Å²) in [4.78, 5) is 24.1. The lowest BCUT2D eigenvalue weighted by Gasteiger charge is -2.25. The molecule has 0 saturated heterocycles. The van der Waals surface area contributed by atoms with E-state index < -0.39 is 23.5 Å². The van der Waals surface area contributed by atoms with Crippen molar-refractivity contribution in [3.63, 3.8) is 0 Å². The molecule has 0 aliphatic carbocycles. The van der Waals surface area contributed by atoms with Gasteiger partial charge in [0.2, 0.25) is 0 Å². The van der Waals surface area contributed by atoms with Crippen LogP contribution in [0, 0.1) is 5.92 Å². The minimum Gasteiger partial charge on any atom is -0.487 e.